The molecule has 0 unspecified atom stereocenters. The molecule has 3 rings (SSSR count). The van der Waals surface area contributed by atoms with Gasteiger partial charge in [-0.15, -0.1) is 0 Å². The van der Waals surface area contributed by atoms with Crippen molar-refractivity contribution in [2.24, 2.45) is 5.92 Å². The zero-order valence-electron chi connectivity index (χ0n) is 24.8. The number of carbonyl (C=O) groups excluding carboxylic acids is 1. The molecule has 3 aromatic carbocycles. The first-order chi connectivity index (χ1) is 19.6. The molecule has 4 heteroatoms. The smallest absolute Gasteiger partial charge is 0.343 e. The molecule has 1 atom stereocenters. The standard InChI is InChI=1S/C36H48O4/c1-4-6-7-8-9-10-11-12-26-39-34-23-19-32(20-24-34)31-15-17-33(18-16-31)36(37)40-35-21-13-30(14-22-35)25-27-38-28-29(3)5-2/h13-24,29H,4-12,25-28H2,1-3H3/t29-/m0/s1. The van der Waals surface area contributed by atoms with Gasteiger partial charge in [0, 0.05) is 6.61 Å². The fraction of sp³-hybridized carbons (Fsp3) is 0.472. The second kappa shape index (κ2) is 18.3. The van der Waals surface area contributed by atoms with Crippen molar-refractivity contribution in [1.82, 2.24) is 0 Å². The summed E-state index contributed by atoms with van der Waals surface area (Å²) in [6.07, 6.45) is 12.4. The second-order valence-electron chi connectivity index (χ2n) is 10.8. The Hall–Kier alpha value is -3.11. The molecule has 0 bridgehead atoms. The highest BCUT2D eigenvalue weighted by atomic mass is 16.5. The van der Waals surface area contributed by atoms with E-state index in [1.54, 1.807) is 0 Å². The fourth-order valence-electron chi connectivity index (χ4n) is 4.45. The number of carbonyl (C=O) groups is 1. The van der Waals surface area contributed by atoms with Crippen LogP contribution in [0.4, 0.5) is 0 Å². The molecule has 0 radical (unpaired) electrons. The van der Waals surface area contributed by atoms with Gasteiger partial charge in [0.2, 0.25) is 0 Å². The van der Waals surface area contributed by atoms with Crippen LogP contribution >= 0.6 is 0 Å². The fourth-order valence-corrected chi connectivity index (χ4v) is 4.45. The van der Waals surface area contributed by atoms with Crippen LogP contribution in [0.3, 0.4) is 0 Å². The van der Waals surface area contributed by atoms with E-state index in [1.165, 1.54) is 44.9 Å². The molecule has 0 N–H and O–H groups in total. The van der Waals surface area contributed by atoms with Gasteiger partial charge in [-0.3, -0.25) is 0 Å². The Morgan fingerprint density at radius 3 is 1.88 bits per heavy atom. The maximum Gasteiger partial charge on any atom is 0.343 e. The van der Waals surface area contributed by atoms with Crippen molar-refractivity contribution in [3.8, 4) is 22.6 Å². The Morgan fingerprint density at radius 1 is 0.675 bits per heavy atom. The summed E-state index contributed by atoms with van der Waals surface area (Å²) in [7, 11) is 0. The van der Waals surface area contributed by atoms with E-state index >= 15 is 0 Å². The number of benzene rings is 3. The summed E-state index contributed by atoms with van der Waals surface area (Å²) < 4.78 is 17.2. The van der Waals surface area contributed by atoms with Crippen LogP contribution in [0.5, 0.6) is 11.5 Å². The van der Waals surface area contributed by atoms with Crippen molar-refractivity contribution in [3.63, 3.8) is 0 Å². The van der Waals surface area contributed by atoms with Gasteiger partial charge < -0.3 is 14.2 Å². The lowest BCUT2D eigenvalue weighted by Gasteiger charge is -2.10. The number of hydrogen-bond donors (Lipinski definition) is 0. The van der Waals surface area contributed by atoms with Gasteiger partial charge in [-0.2, -0.15) is 0 Å². The molecule has 4 nitrogen and oxygen atoms in total. The topological polar surface area (TPSA) is 44.8 Å². The van der Waals surface area contributed by atoms with E-state index in [0.29, 0.717) is 23.8 Å². The van der Waals surface area contributed by atoms with Crippen molar-refractivity contribution in [2.75, 3.05) is 19.8 Å². The molecule has 0 saturated heterocycles. The lowest BCUT2D eigenvalue weighted by molar-refractivity contribution is 0.0734. The highest BCUT2D eigenvalue weighted by Crippen LogP contribution is 2.24. The third-order valence-corrected chi connectivity index (χ3v) is 7.34. The molecule has 216 valence electrons. The maximum atomic E-state index is 12.7. The zero-order chi connectivity index (χ0) is 28.4. The molecule has 0 aromatic heterocycles. The molecule has 0 amide bonds. The van der Waals surface area contributed by atoms with Crippen molar-refractivity contribution < 1.29 is 19.0 Å². The SMILES string of the molecule is CCCCCCCCCCOc1ccc(-c2ccc(C(=O)Oc3ccc(CCOC[C@@H](C)CC)cc3)cc2)cc1. The Labute approximate surface area is 242 Å². The van der Waals surface area contributed by atoms with Gasteiger partial charge in [0.25, 0.3) is 0 Å². The molecule has 40 heavy (non-hydrogen) atoms. The summed E-state index contributed by atoms with van der Waals surface area (Å²) in [4.78, 5) is 12.7. The summed E-state index contributed by atoms with van der Waals surface area (Å²) in [5.74, 6) is 1.67. The van der Waals surface area contributed by atoms with E-state index in [1.807, 2.05) is 60.7 Å². The van der Waals surface area contributed by atoms with Gasteiger partial charge >= 0.3 is 5.97 Å². The third-order valence-electron chi connectivity index (χ3n) is 7.34. The predicted octanol–water partition coefficient (Wildman–Crippen LogP) is 9.70. The van der Waals surface area contributed by atoms with E-state index in [9.17, 15) is 4.79 Å². The van der Waals surface area contributed by atoms with E-state index in [0.717, 1.165) is 54.9 Å². The largest absolute Gasteiger partial charge is 0.494 e. The van der Waals surface area contributed by atoms with Crippen LogP contribution in [0.15, 0.2) is 72.8 Å². The van der Waals surface area contributed by atoms with Crippen molar-refractivity contribution in [2.45, 2.75) is 85.0 Å². The number of hydrogen-bond acceptors (Lipinski definition) is 4. The summed E-state index contributed by atoms with van der Waals surface area (Å²) in [6.45, 7) is 8.89. The Bertz CT molecular complexity index is 1090. The van der Waals surface area contributed by atoms with E-state index in [-0.39, 0.29) is 5.97 Å². The lowest BCUT2D eigenvalue weighted by atomic mass is 10.0. The van der Waals surface area contributed by atoms with Crippen molar-refractivity contribution in [1.29, 1.82) is 0 Å². The van der Waals surface area contributed by atoms with Crippen LogP contribution in [-0.4, -0.2) is 25.8 Å². The molecule has 0 spiro atoms. The quantitative estimate of drug-likeness (QED) is 0.0856. The summed E-state index contributed by atoms with van der Waals surface area (Å²) in [5, 5.41) is 0. The van der Waals surface area contributed by atoms with Gasteiger partial charge in [-0.25, -0.2) is 4.79 Å². The maximum absolute atomic E-state index is 12.7. The highest BCUT2D eigenvalue weighted by molar-refractivity contribution is 5.91. The van der Waals surface area contributed by atoms with E-state index in [4.69, 9.17) is 14.2 Å². The van der Waals surface area contributed by atoms with Crippen LogP contribution in [-0.2, 0) is 11.2 Å². The van der Waals surface area contributed by atoms with E-state index < -0.39 is 0 Å². The van der Waals surface area contributed by atoms with Crippen molar-refractivity contribution >= 4 is 5.97 Å². The first-order valence-corrected chi connectivity index (χ1v) is 15.3. The minimum atomic E-state index is -0.360. The normalized spacial score (nSPS) is 11.8. The summed E-state index contributed by atoms with van der Waals surface area (Å²) in [6, 6.07) is 23.4. The van der Waals surface area contributed by atoms with Crippen LogP contribution in [0.25, 0.3) is 11.1 Å². The number of unbranched alkanes of at least 4 members (excludes halogenated alkanes) is 7. The second-order valence-corrected chi connectivity index (χ2v) is 10.8. The molecule has 0 aliphatic rings. The molecule has 3 aromatic rings. The molecule has 0 saturated carbocycles. The third kappa shape index (κ3) is 11.6. The number of ether oxygens (including phenoxy) is 3. The van der Waals surface area contributed by atoms with Gasteiger partial charge in [0.05, 0.1) is 18.8 Å². The predicted molar refractivity (Wildman–Crippen MR) is 165 cm³/mol. The van der Waals surface area contributed by atoms with Gasteiger partial charge in [0.1, 0.15) is 11.5 Å². The first-order valence-electron chi connectivity index (χ1n) is 15.3. The molecule has 0 aliphatic heterocycles. The summed E-state index contributed by atoms with van der Waals surface area (Å²) in [5.41, 5.74) is 3.82. The van der Waals surface area contributed by atoms with E-state index in [2.05, 4.69) is 32.9 Å². The average molecular weight is 545 g/mol. The zero-order valence-corrected chi connectivity index (χ0v) is 24.8. The minimum Gasteiger partial charge on any atom is -0.494 e. The number of rotatable bonds is 19. The number of esters is 1. The van der Waals surface area contributed by atoms with Gasteiger partial charge in [0.15, 0.2) is 0 Å². The molecule has 0 aliphatic carbocycles. The summed E-state index contributed by atoms with van der Waals surface area (Å²) >= 11 is 0. The van der Waals surface area contributed by atoms with Crippen LogP contribution in [0.1, 0.15) is 94.5 Å². The Balaban J connectivity index is 1.38. The lowest BCUT2D eigenvalue weighted by Crippen LogP contribution is -2.09. The molecule has 0 heterocycles. The van der Waals surface area contributed by atoms with Gasteiger partial charge in [-0.1, -0.05) is 109 Å². The first kappa shape index (κ1) is 31.4. The van der Waals surface area contributed by atoms with Crippen LogP contribution in [0.2, 0.25) is 0 Å². The van der Waals surface area contributed by atoms with Crippen molar-refractivity contribution in [3.05, 3.63) is 83.9 Å². The van der Waals surface area contributed by atoms with Crippen LogP contribution in [0, 0.1) is 5.92 Å². The Morgan fingerprint density at radius 2 is 1.25 bits per heavy atom. The van der Waals surface area contributed by atoms with Gasteiger partial charge in [-0.05, 0) is 71.8 Å². The molecular formula is C36H48O4. The highest BCUT2D eigenvalue weighted by Gasteiger charge is 2.10. The Kier molecular flexibility index (Phi) is 14.4. The van der Waals surface area contributed by atoms with Crippen LogP contribution < -0.4 is 9.47 Å². The monoisotopic (exact) mass is 544 g/mol. The minimum absolute atomic E-state index is 0.360. The molecule has 0 fully saturated rings. The average Bonchev–Trinajstić information content (AvgIpc) is 2.99. The molecular weight excluding hydrogens is 496 g/mol.